The summed E-state index contributed by atoms with van der Waals surface area (Å²) in [4.78, 5) is 23.5. The zero-order valence-corrected chi connectivity index (χ0v) is 14.5. The van der Waals surface area contributed by atoms with Crippen LogP contribution in [0.1, 0.15) is 12.5 Å². The molecule has 25 heavy (non-hydrogen) atoms. The van der Waals surface area contributed by atoms with Crippen LogP contribution in [0.3, 0.4) is 0 Å². The topological polar surface area (TPSA) is 64.6 Å². The summed E-state index contributed by atoms with van der Waals surface area (Å²) in [7, 11) is 0. The van der Waals surface area contributed by atoms with E-state index in [1.165, 1.54) is 6.92 Å². The predicted octanol–water partition coefficient (Wildman–Crippen LogP) is 3.44. The first kappa shape index (κ1) is 18.5. The molecule has 6 heteroatoms. The number of esters is 1. The molecule has 5 nitrogen and oxygen atoms in total. The van der Waals surface area contributed by atoms with Gasteiger partial charge in [0.15, 0.2) is 0 Å². The van der Waals surface area contributed by atoms with Crippen molar-refractivity contribution in [3.8, 4) is 5.75 Å². The highest BCUT2D eigenvalue weighted by atomic mass is 35.5. The molecular weight excluding hydrogens is 342 g/mol. The Hall–Kier alpha value is -2.79. The Morgan fingerprint density at radius 2 is 1.72 bits per heavy atom. The summed E-state index contributed by atoms with van der Waals surface area (Å²) in [6.45, 7) is 1.56. The van der Waals surface area contributed by atoms with Crippen LogP contribution >= 0.6 is 11.6 Å². The second kappa shape index (κ2) is 9.49. The van der Waals surface area contributed by atoms with Crippen LogP contribution in [-0.4, -0.2) is 25.1 Å². The number of ether oxygens (including phenoxy) is 2. The number of rotatable bonds is 7. The van der Waals surface area contributed by atoms with Crippen molar-refractivity contribution in [1.82, 2.24) is 5.32 Å². The third kappa shape index (κ3) is 6.69. The molecule has 0 unspecified atom stereocenters. The third-order valence-electron chi connectivity index (χ3n) is 3.04. The van der Waals surface area contributed by atoms with E-state index in [0.29, 0.717) is 10.8 Å². The van der Waals surface area contributed by atoms with Gasteiger partial charge in [0.25, 0.3) is 0 Å². The fourth-order valence-corrected chi connectivity index (χ4v) is 2.08. The highest BCUT2D eigenvalue weighted by Gasteiger charge is 2.12. The van der Waals surface area contributed by atoms with Crippen LogP contribution in [0.15, 0.2) is 60.3 Å². The number of nitrogens with one attached hydrogen (secondary N) is 1. The summed E-state index contributed by atoms with van der Waals surface area (Å²) < 4.78 is 10.6. The molecule has 2 rings (SSSR count). The third-order valence-corrected chi connectivity index (χ3v) is 3.29. The van der Waals surface area contributed by atoms with Gasteiger partial charge >= 0.3 is 5.97 Å². The molecule has 130 valence electrons. The number of amides is 1. The summed E-state index contributed by atoms with van der Waals surface area (Å²) in [5, 5.41) is 3.10. The van der Waals surface area contributed by atoms with E-state index in [1.54, 1.807) is 30.3 Å². The van der Waals surface area contributed by atoms with E-state index in [1.807, 2.05) is 30.3 Å². The Morgan fingerprint density at radius 3 is 2.36 bits per heavy atom. The van der Waals surface area contributed by atoms with Crippen LogP contribution in [0.25, 0.3) is 6.08 Å². The first-order chi connectivity index (χ1) is 12.0. The van der Waals surface area contributed by atoms with Crippen molar-refractivity contribution in [2.24, 2.45) is 0 Å². The number of carbonyl (C=O) groups excluding carboxylic acids is 2. The standard InChI is InChI=1S/C19H18ClNO4/c1-14(22)21-18(13-15-5-3-2-4-6-15)19(23)25-12-11-24-17-9-7-16(20)8-10-17/h2-10,13H,11-12H2,1H3,(H,21,22)/b18-13+. The average Bonchev–Trinajstić information content (AvgIpc) is 2.60. The predicted molar refractivity (Wildman–Crippen MR) is 96.1 cm³/mol. The Kier molecular flexibility index (Phi) is 7.04. The molecule has 0 bridgehead atoms. The maximum absolute atomic E-state index is 12.2. The smallest absolute Gasteiger partial charge is 0.354 e. The molecular formula is C19H18ClNO4. The first-order valence-corrected chi connectivity index (χ1v) is 8.02. The van der Waals surface area contributed by atoms with E-state index in [0.717, 1.165) is 5.56 Å². The summed E-state index contributed by atoms with van der Waals surface area (Å²) in [6.07, 6.45) is 1.56. The first-order valence-electron chi connectivity index (χ1n) is 7.64. The van der Waals surface area contributed by atoms with Crippen molar-refractivity contribution in [1.29, 1.82) is 0 Å². The van der Waals surface area contributed by atoms with Crippen molar-refractivity contribution < 1.29 is 19.1 Å². The zero-order chi connectivity index (χ0) is 18.1. The van der Waals surface area contributed by atoms with E-state index in [2.05, 4.69) is 5.32 Å². The second-order valence-corrected chi connectivity index (χ2v) is 5.52. The molecule has 0 radical (unpaired) electrons. The summed E-state index contributed by atoms with van der Waals surface area (Å²) in [5.41, 5.74) is 0.853. The van der Waals surface area contributed by atoms with E-state index < -0.39 is 5.97 Å². The van der Waals surface area contributed by atoms with Crippen LogP contribution < -0.4 is 10.1 Å². The summed E-state index contributed by atoms with van der Waals surface area (Å²) in [5.74, 6) is -0.349. The number of benzene rings is 2. The molecule has 0 saturated carbocycles. The molecule has 0 saturated heterocycles. The maximum atomic E-state index is 12.2. The summed E-state index contributed by atoms with van der Waals surface area (Å²) in [6, 6.07) is 16.0. The Labute approximate surface area is 151 Å². The van der Waals surface area contributed by atoms with Gasteiger partial charge < -0.3 is 14.8 Å². The highest BCUT2D eigenvalue weighted by molar-refractivity contribution is 6.30. The molecule has 0 atom stereocenters. The van der Waals surface area contributed by atoms with E-state index in [-0.39, 0.29) is 24.8 Å². The van der Waals surface area contributed by atoms with E-state index in [4.69, 9.17) is 21.1 Å². The van der Waals surface area contributed by atoms with E-state index >= 15 is 0 Å². The fourth-order valence-electron chi connectivity index (χ4n) is 1.95. The van der Waals surface area contributed by atoms with Gasteiger partial charge in [-0.1, -0.05) is 41.9 Å². The van der Waals surface area contributed by atoms with Crippen LogP contribution in [0, 0.1) is 0 Å². The van der Waals surface area contributed by atoms with Crippen LogP contribution in [0.2, 0.25) is 5.02 Å². The Morgan fingerprint density at radius 1 is 1.04 bits per heavy atom. The second-order valence-electron chi connectivity index (χ2n) is 5.09. The van der Waals surface area contributed by atoms with Crippen molar-refractivity contribution >= 4 is 29.6 Å². The lowest BCUT2D eigenvalue weighted by Crippen LogP contribution is -2.27. The number of hydrogen-bond donors (Lipinski definition) is 1. The minimum Gasteiger partial charge on any atom is -0.490 e. The van der Waals surface area contributed by atoms with Crippen molar-refractivity contribution in [2.75, 3.05) is 13.2 Å². The number of carbonyl (C=O) groups is 2. The molecule has 0 aliphatic rings. The normalized spacial score (nSPS) is 10.9. The molecule has 0 aliphatic heterocycles. The number of halogens is 1. The van der Waals surface area contributed by atoms with Gasteiger partial charge in [0.05, 0.1) is 0 Å². The van der Waals surface area contributed by atoms with Crippen molar-refractivity contribution in [3.63, 3.8) is 0 Å². The SMILES string of the molecule is CC(=O)N/C(=C/c1ccccc1)C(=O)OCCOc1ccc(Cl)cc1. The van der Waals surface area contributed by atoms with Gasteiger partial charge in [-0.05, 0) is 35.9 Å². The van der Waals surface area contributed by atoms with Gasteiger partial charge in [0, 0.05) is 11.9 Å². The molecule has 0 spiro atoms. The fraction of sp³-hybridized carbons (Fsp3) is 0.158. The molecule has 0 aliphatic carbocycles. The summed E-state index contributed by atoms with van der Waals surface area (Å²) >= 11 is 5.79. The van der Waals surface area contributed by atoms with Crippen molar-refractivity contribution in [2.45, 2.75) is 6.92 Å². The largest absolute Gasteiger partial charge is 0.490 e. The van der Waals surface area contributed by atoms with E-state index in [9.17, 15) is 9.59 Å². The Bertz CT molecular complexity index is 742. The van der Waals surface area contributed by atoms with Gasteiger partial charge in [0.2, 0.25) is 5.91 Å². The van der Waals surface area contributed by atoms with Gasteiger partial charge in [-0.15, -0.1) is 0 Å². The molecule has 2 aromatic rings. The molecule has 0 aromatic heterocycles. The molecule has 0 heterocycles. The molecule has 0 fully saturated rings. The number of hydrogen-bond acceptors (Lipinski definition) is 4. The lowest BCUT2D eigenvalue weighted by molar-refractivity contribution is -0.141. The lowest BCUT2D eigenvalue weighted by atomic mass is 10.2. The minimum absolute atomic E-state index is 0.0488. The molecule has 1 amide bonds. The zero-order valence-electron chi connectivity index (χ0n) is 13.7. The minimum atomic E-state index is -0.626. The van der Waals surface area contributed by atoms with Crippen LogP contribution in [0.4, 0.5) is 0 Å². The van der Waals surface area contributed by atoms with Gasteiger partial charge in [0.1, 0.15) is 24.7 Å². The molecule has 2 aromatic carbocycles. The highest BCUT2D eigenvalue weighted by Crippen LogP contribution is 2.15. The Balaban J connectivity index is 1.89. The van der Waals surface area contributed by atoms with Gasteiger partial charge in [-0.2, -0.15) is 0 Å². The molecule has 1 N–H and O–H groups in total. The quantitative estimate of drug-likeness (QED) is 0.467. The van der Waals surface area contributed by atoms with Crippen LogP contribution in [0.5, 0.6) is 5.75 Å². The van der Waals surface area contributed by atoms with Crippen molar-refractivity contribution in [3.05, 3.63) is 70.9 Å². The van der Waals surface area contributed by atoms with Gasteiger partial charge in [-0.25, -0.2) is 4.79 Å². The van der Waals surface area contributed by atoms with Crippen LogP contribution in [-0.2, 0) is 14.3 Å². The maximum Gasteiger partial charge on any atom is 0.354 e. The average molecular weight is 360 g/mol. The van der Waals surface area contributed by atoms with Gasteiger partial charge in [-0.3, -0.25) is 4.79 Å². The lowest BCUT2D eigenvalue weighted by Gasteiger charge is -2.10. The monoisotopic (exact) mass is 359 g/mol.